The molecule has 2 aromatic rings. The van der Waals surface area contributed by atoms with Crippen molar-refractivity contribution < 1.29 is 13.2 Å². The number of amides is 1. The monoisotopic (exact) mass is 490 g/mol. The summed E-state index contributed by atoms with van der Waals surface area (Å²) in [6.45, 7) is 7.03. The molecule has 1 atom stereocenters. The minimum absolute atomic E-state index is 0.0355. The number of nitrogens with zero attached hydrogens (tertiary/aromatic N) is 2. The fourth-order valence-electron chi connectivity index (χ4n) is 4.88. The Kier molecular flexibility index (Phi) is 5.81. The number of aryl methyl sites for hydroxylation is 3. The molecular formula is C23H27BrN2O3S. The first-order valence-corrected chi connectivity index (χ1v) is 12.6. The Labute approximate surface area is 187 Å². The molecule has 160 valence electrons. The largest absolute Gasteiger partial charge is 0.312 e. The molecular weight excluding hydrogens is 464 g/mol. The van der Waals surface area contributed by atoms with Crippen LogP contribution in [0.25, 0.3) is 0 Å². The van der Waals surface area contributed by atoms with E-state index >= 15 is 0 Å². The topological polar surface area (TPSA) is 57.7 Å². The lowest BCUT2D eigenvalue weighted by atomic mass is 9.98. The van der Waals surface area contributed by atoms with Gasteiger partial charge in [0.05, 0.1) is 10.8 Å². The number of benzene rings is 2. The minimum atomic E-state index is -3.64. The number of carbonyl (C=O) groups excluding carboxylic acids is 1. The molecule has 1 saturated heterocycles. The molecule has 2 aliphatic rings. The van der Waals surface area contributed by atoms with Crippen LogP contribution < -0.4 is 4.90 Å². The second kappa shape index (κ2) is 8.09. The average Bonchev–Trinajstić information content (AvgIpc) is 3.09. The predicted molar refractivity (Wildman–Crippen MR) is 122 cm³/mol. The highest BCUT2D eigenvalue weighted by Gasteiger charge is 2.37. The Balaban J connectivity index is 1.58. The summed E-state index contributed by atoms with van der Waals surface area (Å²) in [7, 11) is -3.64. The van der Waals surface area contributed by atoms with Crippen LogP contribution in [0, 0.1) is 26.7 Å². The van der Waals surface area contributed by atoms with Gasteiger partial charge in [0.25, 0.3) is 0 Å². The van der Waals surface area contributed by atoms with Crippen molar-refractivity contribution in [1.29, 1.82) is 0 Å². The summed E-state index contributed by atoms with van der Waals surface area (Å²) >= 11 is 3.49. The van der Waals surface area contributed by atoms with Crippen LogP contribution in [0.5, 0.6) is 0 Å². The number of rotatable bonds is 3. The van der Waals surface area contributed by atoms with Gasteiger partial charge in [0, 0.05) is 29.8 Å². The maximum atomic E-state index is 13.5. The maximum absolute atomic E-state index is 13.5. The average molecular weight is 491 g/mol. The van der Waals surface area contributed by atoms with Crippen molar-refractivity contribution in [2.45, 2.75) is 44.9 Å². The van der Waals surface area contributed by atoms with E-state index in [1.54, 1.807) is 0 Å². The number of sulfonamides is 1. The van der Waals surface area contributed by atoms with E-state index in [1.807, 2.05) is 49.9 Å². The quantitative estimate of drug-likeness (QED) is 0.641. The third-order valence-electron chi connectivity index (χ3n) is 6.14. The van der Waals surface area contributed by atoms with Gasteiger partial charge >= 0.3 is 0 Å². The normalized spacial score (nSPS) is 19.7. The molecule has 0 aliphatic carbocycles. The van der Waals surface area contributed by atoms with E-state index < -0.39 is 10.0 Å². The number of carbonyl (C=O) groups is 1. The molecule has 0 radical (unpaired) electrons. The van der Waals surface area contributed by atoms with Gasteiger partial charge < -0.3 is 4.90 Å². The zero-order valence-corrected chi connectivity index (χ0v) is 20.0. The number of fused-ring (bicyclic) bond motifs is 1. The zero-order valence-electron chi connectivity index (χ0n) is 17.6. The Morgan fingerprint density at radius 1 is 1.07 bits per heavy atom. The van der Waals surface area contributed by atoms with E-state index in [0.717, 1.165) is 45.3 Å². The van der Waals surface area contributed by atoms with Gasteiger partial charge in [-0.1, -0.05) is 33.6 Å². The van der Waals surface area contributed by atoms with Gasteiger partial charge in [0.1, 0.15) is 0 Å². The first-order chi connectivity index (χ1) is 14.2. The van der Waals surface area contributed by atoms with Gasteiger partial charge in [0.2, 0.25) is 15.9 Å². The fraction of sp³-hybridized carbons (Fsp3) is 0.435. The molecule has 2 heterocycles. The van der Waals surface area contributed by atoms with Crippen molar-refractivity contribution >= 4 is 37.5 Å². The molecule has 0 aromatic heterocycles. The maximum Gasteiger partial charge on any atom is 0.243 e. The smallest absolute Gasteiger partial charge is 0.243 e. The number of hydrogen-bond acceptors (Lipinski definition) is 3. The molecule has 2 aromatic carbocycles. The molecule has 30 heavy (non-hydrogen) atoms. The van der Waals surface area contributed by atoms with Crippen LogP contribution in [0.2, 0.25) is 0 Å². The second-order valence-electron chi connectivity index (χ2n) is 8.44. The second-order valence-corrected chi connectivity index (χ2v) is 11.2. The molecule has 5 nitrogen and oxygen atoms in total. The summed E-state index contributed by atoms with van der Waals surface area (Å²) in [5.74, 6) is -0.275. The summed E-state index contributed by atoms with van der Waals surface area (Å²) in [4.78, 5) is 15.6. The molecule has 0 unspecified atom stereocenters. The van der Waals surface area contributed by atoms with Crippen LogP contribution in [0.3, 0.4) is 0 Å². The third kappa shape index (κ3) is 3.83. The van der Waals surface area contributed by atoms with Gasteiger partial charge in [-0.05, 0) is 74.9 Å². The van der Waals surface area contributed by atoms with E-state index in [2.05, 4.69) is 22.0 Å². The van der Waals surface area contributed by atoms with Crippen LogP contribution in [0.4, 0.5) is 5.69 Å². The van der Waals surface area contributed by atoms with Crippen molar-refractivity contribution in [3.63, 3.8) is 0 Å². The molecule has 0 spiro atoms. The van der Waals surface area contributed by atoms with Crippen molar-refractivity contribution in [1.82, 2.24) is 4.31 Å². The molecule has 0 bridgehead atoms. The lowest BCUT2D eigenvalue weighted by Gasteiger charge is -2.34. The molecule has 1 amide bonds. The fourth-order valence-corrected chi connectivity index (χ4v) is 7.23. The first-order valence-electron chi connectivity index (χ1n) is 10.4. The van der Waals surface area contributed by atoms with Crippen LogP contribution in [-0.4, -0.2) is 38.3 Å². The van der Waals surface area contributed by atoms with Crippen molar-refractivity contribution in [3.05, 3.63) is 57.1 Å². The lowest BCUT2D eigenvalue weighted by Crippen LogP contribution is -2.46. The predicted octanol–water partition coefficient (Wildman–Crippen LogP) is 4.36. The first kappa shape index (κ1) is 21.5. The highest BCUT2D eigenvalue weighted by atomic mass is 79.9. The summed E-state index contributed by atoms with van der Waals surface area (Å²) in [6, 6.07) is 9.80. The Bertz CT molecular complexity index is 1090. The van der Waals surface area contributed by atoms with Crippen LogP contribution in [-0.2, 0) is 21.2 Å². The molecule has 0 N–H and O–H groups in total. The van der Waals surface area contributed by atoms with E-state index in [4.69, 9.17) is 0 Å². The summed E-state index contributed by atoms with van der Waals surface area (Å²) in [6.07, 6.45) is 2.25. The summed E-state index contributed by atoms with van der Waals surface area (Å²) in [5.41, 5.74) is 4.69. The summed E-state index contributed by atoms with van der Waals surface area (Å²) < 4.78 is 29.4. The van der Waals surface area contributed by atoms with E-state index in [1.165, 1.54) is 4.31 Å². The SMILES string of the molecule is Cc1cc(C)c(S(=O)(=O)N2CCC[C@H](C(=O)N3CCc4cc(Br)ccc43)C2)c(C)c1. The molecule has 7 heteroatoms. The molecule has 0 saturated carbocycles. The van der Waals surface area contributed by atoms with Gasteiger partial charge in [0.15, 0.2) is 0 Å². The Morgan fingerprint density at radius 2 is 1.77 bits per heavy atom. The van der Waals surface area contributed by atoms with Gasteiger partial charge in [-0.15, -0.1) is 0 Å². The summed E-state index contributed by atoms with van der Waals surface area (Å²) in [5, 5.41) is 0. The van der Waals surface area contributed by atoms with Crippen LogP contribution in [0.15, 0.2) is 39.7 Å². The number of halogens is 1. The number of hydrogen-bond donors (Lipinski definition) is 0. The molecule has 4 rings (SSSR count). The standard InChI is InChI=1S/C23H27BrN2O3S/c1-15-11-16(2)22(17(3)12-15)30(28,29)25-9-4-5-19(14-25)23(27)26-10-8-18-13-20(24)6-7-21(18)26/h6-7,11-13,19H,4-5,8-10,14H2,1-3H3/t19-/m0/s1. The number of anilines is 1. The van der Waals surface area contributed by atoms with Gasteiger partial charge in [-0.25, -0.2) is 8.42 Å². The minimum Gasteiger partial charge on any atom is -0.312 e. The van der Waals surface area contributed by atoms with E-state index in [-0.39, 0.29) is 18.4 Å². The Morgan fingerprint density at radius 3 is 2.47 bits per heavy atom. The highest BCUT2D eigenvalue weighted by Crippen LogP contribution is 2.34. The van der Waals surface area contributed by atoms with E-state index in [0.29, 0.717) is 24.4 Å². The van der Waals surface area contributed by atoms with Crippen molar-refractivity contribution in [2.75, 3.05) is 24.5 Å². The molecule has 1 fully saturated rings. The van der Waals surface area contributed by atoms with Crippen LogP contribution >= 0.6 is 15.9 Å². The van der Waals surface area contributed by atoms with Crippen molar-refractivity contribution in [2.24, 2.45) is 5.92 Å². The Hall–Kier alpha value is -1.70. The number of piperidine rings is 1. The van der Waals surface area contributed by atoms with Crippen molar-refractivity contribution in [3.8, 4) is 0 Å². The third-order valence-corrected chi connectivity index (χ3v) is 8.80. The molecule has 2 aliphatic heterocycles. The van der Waals surface area contributed by atoms with Gasteiger partial charge in [-0.3, -0.25) is 4.79 Å². The highest BCUT2D eigenvalue weighted by molar-refractivity contribution is 9.10. The van der Waals surface area contributed by atoms with Gasteiger partial charge in [-0.2, -0.15) is 4.31 Å². The zero-order chi connectivity index (χ0) is 21.6. The van der Waals surface area contributed by atoms with E-state index in [9.17, 15) is 13.2 Å². The lowest BCUT2D eigenvalue weighted by molar-refractivity contribution is -0.123. The van der Waals surface area contributed by atoms with Crippen LogP contribution in [0.1, 0.15) is 35.1 Å².